The second-order valence-corrected chi connectivity index (χ2v) is 4.39. The maximum atomic E-state index is 11.9. The standard InChI is InChI=1S/C13H12ClN3O2/c14-9-6-10(16-7-9)13(19)17-11(12(15)18)8-4-2-1-3-5-8/h1-7,11,16H,(H2,15,18)(H,17,19)/t11-/m0/s1. The van der Waals surface area contributed by atoms with E-state index in [9.17, 15) is 9.59 Å². The number of carbonyl (C=O) groups is 2. The molecule has 1 aromatic heterocycles. The van der Waals surface area contributed by atoms with Crippen LogP contribution >= 0.6 is 11.6 Å². The first-order valence-corrected chi connectivity index (χ1v) is 5.95. The molecule has 0 aliphatic rings. The monoisotopic (exact) mass is 277 g/mol. The fourth-order valence-electron chi connectivity index (χ4n) is 1.67. The highest BCUT2D eigenvalue weighted by Crippen LogP contribution is 2.14. The van der Waals surface area contributed by atoms with Crippen LogP contribution in [0.1, 0.15) is 22.1 Å². The Morgan fingerprint density at radius 1 is 1.26 bits per heavy atom. The Bertz CT molecular complexity index is 595. The zero-order valence-electron chi connectivity index (χ0n) is 9.89. The predicted molar refractivity (Wildman–Crippen MR) is 71.6 cm³/mol. The third-order valence-electron chi connectivity index (χ3n) is 2.59. The third-order valence-corrected chi connectivity index (χ3v) is 2.80. The van der Waals surface area contributed by atoms with Crippen molar-refractivity contribution in [3.8, 4) is 0 Å². The van der Waals surface area contributed by atoms with Crippen molar-refractivity contribution >= 4 is 23.4 Å². The highest BCUT2D eigenvalue weighted by atomic mass is 35.5. The number of nitrogens with one attached hydrogen (secondary N) is 2. The van der Waals surface area contributed by atoms with Crippen LogP contribution in [-0.4, -0.2) is 16.8 Å². The van der Waals surface area contributed by atoms with Crippen molar-refractivity contribution in [3.05, 3.63) is 58.9 Å². The molecule has 0 saturated heterocycles. The van der Waals surface area contributed by atoms with Crippen molar-refractivity contribution in [1.82, 2.24) is 10.3 Å². The maximum absolute atomic E-state index is 11.9. The van der Waals surface area contributed by atoms with Crippen molar-refractivity contribution in [2.75, 3.05) is 0 Å². The van der Waals surface area contributed by atoms with E-state index < -0.39 is 17.9 Å². The van der Waals surface area contributed by atoms with Crippen LogP contribution in [0.4, 0.5) is 0 Å². The zero-order valence-corrected chi connectivity index (χ0v) is 10.6. The van der Waals surface area contributed by atoms with Crippen LogP contribution < -0.4 is 11.1 Å². The van der Waals surface area contributed by atoms with E-state index in [1.807, 2.05) is 6.07 Å². The highest BCUT2D eigenvalue weighted by molar-refractivity contribution is 6.31. The van der Waals surface area contributed by atoms with Crippen molar-refractivity contribution in [2.45, 2.75) is 6.04 Å². The van der Waals surface area contributed by atoms with Gasteiger partial charge in [0.1, 0.15) is 11.7 Å². The molecule has 0 unspecified atom stereocenters. The van der Waals surface area contributed by atoms with E-state index in [0.717, 1.165) is 0 Å². The molecule has 0 aliphatic heterocycles. The van der Waals surface area contributed by atoms with E-state index in [0.29, 0.717) is 10.6 Å². The van der Waals surface area contributed by atoms with E-state index in [-0.39, 0.29) is 5.69 Å². The summed E-state index contributed by atoms with van der Waals surface area (Å²) in [5.74, 6) is -1.07. The first kappa shape index (κ1) is 13.2. The number of hydrogen-bond acceptors (Lipinski definition) is 2. The first-order chi connectivity index (χ1) is 9.08. The molecular formula is C13H12ClN3O2. The van der Waals surface area contributed by atoms with Gasteiger partial charge in [-0.2, -0.15) is 0 Å². The third kappa shape index (κ3) is 3.14. The van der Waals surface area contributed by atoms with Crippen LogP contribution in [0.25, 0.3) is 0 Å². The van der Waals surface area contributed by atoms with E-state index in [4.69, 9.17) is 17.3 Å². The van der Waals surface area contributed by atoms with Crippen LogP contribution in [0.15, 0.2) is 42.6 Å². The number of aromatic amines is 1. The summed E-state index contributed by atoms with van der Waals surface area (Å²) in [6.45, 7) is 0. The van der Waals surface area contributed by atoms with Crippen LogP contribution in [0, 0.1) is 0 Å². The van der Waals surface area contributed by atoms with Crippen LogP contribution in [-0.2, 0) is 4.79 Å². The number of benzene rings is 1. The summed E-state index contributed by atoms with van der Waals surface area (Å²) in [7, 11) is 0. The van der Waals surface area contributed by atoms with Gasteiger partial charge in [-0.05, 0) is 11.6 Å². The number of carbonyl (C=O) groups excluding carboxylic acids is 2. The van der Waals surface area contributed by atoms with E-state index in [1.54, 1.807) is 24.3 Å². The first-order valence-electron chi connectivity index (χ1n) is 5.57. The molecule has 2 aromatic rings. The van der Waals surface area contributed by atoms with Gasteiger partial charge < -0.3 is 16.0 Å². The lowest BCUT2D eigenvalue weighted by molar-refractivity contribution is -0.120. The number of primary amides is 1. The molecule has 4 N–H and O–H groups in total. The van der Waals surface area contributed by atoms with Crippen molar-refractivity contribution in [2.24, 2.45) is 5.73 Å². The number of rotatable bonds is 4. The molecule has 0 aliphatic carbocycles. The Labute approximate surface area is 114 Å². The molecule has 0 saturated carbocycles. The van der Waals surface area contributed by atoms with Crippen molar-refractivity contribution in [1.29, 1.82) is 0 Å². The van der Waals surface area contributed by atoms with Crippen LogP contribution in [0.5, 0.6) is 0 Å². The predicted octanol–water partition coefficient (Wildman–Crippen LogP) is 1.62. The average Bonchev–Trinajstić information content (AvgIpc) is 2.83. The van der Waals surface area contributed by atoms with Gasteiger partial charge in [0, 0.05) is 6.20 Å². The summed E-state index contributed by atoms with van der Waals surface area (Å²) in [5.41, 5.74) is 6.21. The van der Waals surface area contributed by atoms with Crippen molar-refractivity contribution in [3.63, 3.8) is 0 Å². The highest BCUT2D eigenvalue weighted by Gasteiger charge is 2.21. The quantitative estimate of drug-likeness (QED) is 0.793. The average molecular weight is 278 g/mol. The Hall–Kier alpha value is -2.27. The number of H-pyrrole nitrogens is 1. The molecule has 2 rings (SSSR count). The van der Waals surface area contributed by atoms with Crippen molar-refractivity contribution < 1.29 is 9.59 Å². The van der Waals surface area contributed by atoms with E-state index in [2.05, 4.69) is 10.3 Å². The molecule has 0 bridgehead atoms. The second kappa shape index (κ2) is 5.58. The number of aromatic nitrogens is 1. The minimum atomic E-state index is -0.879. The zero-order chi connectivity index (χ0) is 13.8. The molecule has 0 spiro atoms. The lowest BCUT2D eigenvalue weighted by Gasteiger charge is -2.15. The maximum Gasteiger partial charge on any atom is 0.268 e. The normalized spacial score (nSPS) is 11.8. The van der Waals surface area contributed by atoms with Gasteiger partial charge in [-0.1, -0.05) is 41.9 Å². The summed E-state index contributed by atoms with van der Waals surface area (Å²) < 4.78 is 0. The molecule has 19 heavy (non-hydrogen) atoms. The Morgan fingerprint density at radius 2 is 1.95 bits per heavy atom. The molecule has 1 aromatic carbocycles. The van der Waals surface area contributed by atoms with Gasteiger partial charge >= 0.3 is 0 Å². The molecule has 1 atom stereocenters. The fourth-order valence-corrected chi connectivity index (χ4v) is 1.84. The Kier molecular flexibility index (Phi) is 3.87. The van der Waals surface area contributed by atoms with Gasteiger partial charge in [0.25, 0.3) is 5.91 Å². The van der Waals surface area contributed by atoms with Gasteiger partial charge in [-0.25, -0.2) is 0 Å². The lowest BCUT2D eigenvalue weighted by Crippen LogP contribution is -2.37. The Balaban J connectivity index is 2.18. The van der Waals surface area contributed by atoms with Gasteiger partial charge in [-0.15, -0.1) is 0 Å². The van der Waals surface area contributed by atoms with Crippen LogP contribution in [0.3, 0.4) is 0 Å². The summed E-state index contributed by atoms with van der Waals surface area (Å²) in [5, 5.41) is 2.98. The molecule has 98 valence electrons. The summed E-state index contributed by atoms with van der Waals surface area (Å²) in [4.78, 5) is 26.1. The van der Waals surface area contributed by atoms with E-state index >= 15 is 0 Å². The van der Waals surface area contributed by atoms with Gasteiger partial charge in [0.05, 0.1) is 5.02 Å². The molecular weight excluding hydrogens is 266 g/mol. The SMILES string of the molecule is NC(=O)[C@@H](NC(=O)c1cc(Cl)c[nH]1)c1ccccc1. The van der Waals surface area contributed by atoms with Gasteiger partial charge in [0.2, 0.25) is 5.91 Å². The Morgan fingerprint density at radius 3 is 2.47 bits per heavy atom. The minimum Gasteiger partial charge on any atom is -0.368 e. The fraction of sp³-hybridized carbons (Fsp3) is 0.0769. The summed E-state index contributed by atoms with van der Waals surface area (Å²) >= 11 is 5.72. The molecule has 6 heteroatoms. The molecule has 1 heterocycles. The smallest absolute Gasteiger partial charge is 0.268 e. The topological polar surface area (TPSA) is 88.0 Å². The second-order valence-electron chi connectivity index (χ2n) is 3.95. The molecule has 2 amide bonds. The number of nitrogens with two attached hydrogens (primary N) is 1. The van der Waals surface area contributed by atoms with Gasteiger partial charge in [0.15, 0.2) is 0 Å². The molecule has 5 nitrogen and oxygen atoms in total. The van der Waals surface area contributed by atoms with E-state index in [1.165, 1.54) is 12.3 Å². The number of halogens is 1. The number of amides is 2. The molecule has 0 radical (unpaired) electrons. The minimum absolute atomic E-state index is 0.271. The summed E-state index contributed by atoms with van der Waals surface area (Å²) in [6, 6.07) is 9.38. The molecule has 0 fully saturated rings. The summed E-state index contributed by atoms with van der Waals surface area (Å²) in [6.07, 6.45) is 1.48. The van der Waals surface area contributed by atoms with Crippen LogP contribution in [0.2, 0.25) is 5.02 Å². The lowest BCUT2D eigenvalue weighted by atomic mass is 10.1. The largest absolute Gasteiger partial charge is 0.368 e. The van der Waals surface area contributed by atoms with Gasteiger partial charge in [-0.3, -0.25) is 9.59 Å². The number of hydrogen-bond donors (Lipinski definition) is 3.